The monoisotopic (exact) mass is 224 g/mol. The fraction of sp³-hybridized carbons (Fsp3) is 0.538. The van der Waals surface area contributed by atoms with E-state index in [-0.39, 0.29) is 0 Å². The molecule has 0 radical (unpaired) electrons. The van der Waals surface area contributed by atoms with Gasteiger partial charge in [-0.05, 0) is 24.0 Å². The lowest BCUT2D eigenvalue weighted by Crippen LogP contribution is -2.04. The average Bonchev–Trinajstić information content (AvgIpc) is 2.30. The Morgan fingerprint density at radius 2 is 1.94 bits per heavy atom. The summed E-state index contributed by atoms with van der Waals surface area (Å²) in [4.78, 5) is 0. The summed E-state index contributed by atoms with van der Waals surface area (Å²) in [6.07, 6.45) is 1.15. The van der Waals surface area contributed by atoms with Crippen LogP contribution in [0, 0.1) is 0 Å². The molecular weight excluding hydrogens is 204 g/mol. The van der Waals surface area contributed by atoms with Crippen molar-refractivity contribution in [1.29, 1.82) is 0 Å². The van der Waals surface area contributed by atoms with Crippen LogP contribution in [0.3, 0.4) is 0 Å². The van der Waals surface area contributed by atoms with Crippen molar-refractivity contribution in [2.45, 2.75) is 25.6 Å². The van der Waals surface area contributed by atoms with E-state index in [1.54, 1.807) is 14.2 Å². The summed E-state index contributed by atoms with van der Waals surface area (Å²) in [5, 5.41) is 10.0. The molecule has 1 aromatic rings. The van der Waals surface area contributed by atoms with Gasteiger partial charge in [0.1, 0.15) is 0 Å². The first kappa shape index (κ1) is 13.2. The Balaban J connectivity index is 2.62. The molecule has 1 atom stereocenters. The molecule has 0 bridgehead atoms. The predicted molar refractivity (Wildman–Crippen MR) is 63.2 cm³/mol. The van der Waals surface area contributed by atoms with Crippen molar-refractivity contribution in [3.63, 3.8) is 0 Å². The second kappa shape index (κ2) is 7.39. The standard InChI is InChI=1S/C13H20O3/c1-15-9-5-8-13(14)12-7-4-3-6-11(12)10-16-2/h3-4,6-7,13-14H,5,8-10H2,1-2H3. The number of rotatable bonds is 7. The van der Waals surface area contributed by atoms with Crippen LogP contribution in [0.25, 0.3) is 0 Å². The third kappa shape index (κ3) is 3.93. The summed E-state index contributed by atoms with van der Waals surface area (Å²) >= 11 is 0. The summed E-state index contributed by atoms with van der Waals surface area (Å²) in [5.74, 6) is 0. The minimum absolute atomic E-state index is 0.429. The van der Waals surface area contributed by atoms with Crippen LogP contribution in [-0.4, -0.2) is 25.9 Å². The van der Waals surface area contributed by atoms with Crippen molar-refractivity contribution in [3.05, 3.63) is 35.4 Å². The number of hydrogen-bond acceptors (Lipinski definition) is 3. The van der Waals surface area contributed by atoms with Crippen LogP contribution in [0.4, 0.5) is 0 Å². The number of methoxy groups -OCH3 is 2. The molecule has 0 aromatic heterocycles. The maximum atomic E-state index is 10.0. The highest BCUT2D eigenvalue weighted by molar-refractivity contribution is 5.28. The topological polar surface area (TPSA) is 38.7 Å². The molecular formula is C13H20O3. The lowest BCUT2D eigenvalue weighted by atomic mass is 10.00. The molecule has 0 amide bonds. The van der Waals surface area contributed by atoms with Crippen molar-refractivity contribution in [1.82, 2.24) is 0 Å². The molecule has 0 heterocycles. The summed E-state index contributed by atoms with van der Waals surface area (Å²) in [5.41, 5.74) is 2.01. The SMILES string of the molecule is COCCCC(O)c1ccccc1COC. The first-order valence-corrected chi connectivity index (χ1v) is 5.53. The summed E-state index contributed by atoms with van der Waals surface area (Å²) in [7, 11) is 3.33. The quantitative estimate of drug-likeness (QED) is 0.722. The fourth-order valence-corrected chi connectivity index (χ4v) is 1.72. The zero-order valence-electron chi connectivity index (χ0n) is 9.98. The van der Waals surface area contributed by atoms with Gasteiger partial charge in [0.05, 0.1) is 12.7 Å². The van der Waals surface area contributed by atoms with E-state index >= 15 is 0 Å². The maximum Gasteiger partial charge on any atom is 0.0794 e. The Morgan fingerprint density at radius 1 is 1.19 bits per heavy atom. The number of hydrogen-bond donors (Lipinski definition) is 1. The molecule has 1 N–H and O–H groups in total. The number of aliphatic hydroxyl groups excluding tert-OH is 1. The predicted octanol–water partition coefficient (Wildman–Crippen LogP) is 2.29. The lowest BCUT2D eigenvalue weighted by molar-refractivity contribution is 0.131. The summed E-state index contributed by atoms with van der Waals surface area (Å²) < 4.78 is 10.1. The first-order chi connectivity index (χ1) is 7.79. The number of ether oxygens (including phenoxy) is 2. The minimum Gasteiger partial charge on any atom is -0.388 e. The van der Waals surface area contributed by atoms with E-state index in [1.807, 2.05) is 24.3 Å². The molecule has 0 fully saturated rings. The van der Waals surface area contributed by atoms with Crippen LogP contribution < -0.4 is 0 Å². The molecule has 16 heavy (non-hydrogen) atoms. The van der Waals surface area contributed by atoms with Crippen molar-refractivity contribution >= 4 is 0 Å². The molecule has 0 spiro atoms. The Labute approximate surface area is 97.0 Å². The number of benzene rings is 1. The van der Waals surface area contributed by atoms with E-state index in [1.165, 1.54) is 0 Å². The van der Waals surface area contributed by atoms with Crippen LogP contribution in [0.1, 0.15) is 30.1 Å². The Bertz CT molecular complexity index is 299. The van der Waals surface area contributed by atoms with Crippen molar-refractivity contribution < 1.29 is 14.6 Å². The molecule has 0 saturated heterocycles. The van der Waals surface area contributed by atoms with Gasteiger partial charge >= 0.3 is 0 Å². The number of aliphatic hydroxyl groups is 1. The fourth-order valence-electron chi connectivity index (χ4n) is 1.72. The lowest BCUT2D eigenvalue weighted by Gasteiger charge is -2.14. The van der Waals surface area contributed by atoms with Crippen LogP contribution in [0.2, 0.25) is 0 Å². The smallest absolute Gasteiger partial charge is 0.0794 e. The van der Waals surface area contributed by atoms with E-state index in [4.69, 9.17) is 9.47 Å². The Morgan fingerprint density at radius 3 is 2.62 bits per heavy atom. The van der Waals surface area contributed by atoms with Crippen molar-refractivity contribution in [2.24, 2.45) is 0 Å². The van der Waals surface area contributed by atoms with Crippen molar-refractivity contribution in [2.75, 3.05) is 20.8 Å². The molecule has 3 nitrogen and oxygen atoms in total. The molecule has 1 aromatic carbocycles. The van der Waals surface area contributed by atoms with Gasteiger partial charge < -0.3 is 14.6 Å². The van der Waals surface area contributed by atoms with E-state index in [0.717, 1.165) is 17.5 Å². The van der Waals surface area contributed by atoms with Crippen LogP contribution >= 0.6 is 0 Å². The van der Waals surface area contributed by atoms with Gasteiger partial charge in [0.2, 0.25) is 0 Å². The van der Waals surface area contributed by atoms with Crippen LogP contribution in [-0.2, 0) is 16.1 Å². The van der Waals surface area contributed by atoms with Gasteiger partial charge in [-0.3, -0.25) is 0 Å². The molecule has 0 aliphatic heterocycles. The highest BCUT2D eigenvalue weighted by Crippen LogP contribution is 2.22. The highest BCUT2D eigenvalue weighted by Gasteiger charge is 2.11. The van der Waals surface area contributed by atoms with Crippen molar-refractivity contribution in [3.8, 4) is 0 Å². The van der Waals surface area contributed by atoms with Gasteiger partial charge in [-0.1, -0.05) is 24.3 Å². The zero-order valence-corrected chi connectivity index (χ0v) is 9.98. The van der Waals surface area contributed by atoms with Gasteiger partial charge in [0, 0.05) is 20.8 Å². The molecule has 90 valence electrons. The van der Waals surface area contributed by atoms with E-state index < -0.39 is 6.10 Å². The molecule has 0 saturated carbocycles. The van der Waals surface area contributed by atoms with Gasteiger partial charge in [-0.15, -0.1) is 0 Å². The van der Waals surface area contributed by atoms with Gasteiger partial charge in [0.15, 0.2) is 0 Å². The molecule has 3 heteroatoms. The minimum atomic E-state index is -0.429. The zero-order chi connectivity index (χ0) is 11.8. The molecule has 1 unspecified atom stereocenters. The second-order valence-electron chi connectivity index (χ2n) is 3.78. The van der Waals surface area contributed by atoms with Crippen LogP contribution in [0.5, 0.6) is 0 Å². The normalized spacial score (nSPS) is 12.7. The largest absolute Gasteiger partial charge is 0.388 e. The maximum absolute atomic E-state index is 10.0. The summed E-state index contributed by atoms with van der Waals surface area (Å²) in [6.45, 7) is 1.22. The van der Waals surface area contributed by atoms with E-state index in [9.17, 15) is 5.11 Å². The van der Waals surface area contributed by atoms with E-state index in [2.05, 4.69) is 0 Å². The average molecular weight is 224 g/mol. The molecule has 1 rings (SSSR count). The van der Waals surface area contributed by atoms with Gasteiger partial charge in [0.25, 0.3) is 0 Å². The first-order valence-electron chi connectivity index (χ1n) is 5.53. The van der Waals surface area contributed by atoms with Crippen LogP contribution in [0.15, 0.2) is 24.3 Å². The Kier molecular flexibility index (Phi) is 6.08. The third-order valence-corrected chi connectivity index (χ3v) is 2.54. The van der Waals surface area contributed by atoms with Gasteiger partial charge in [-0.2, -0.15) is 0 Å². The van der Waals surface area contributed by atoms with Gasteiger partial charge in [-0.25, -0.2) is 0 Å². The third-order valence-electron chi connectivity index (χ3n) is 2.54. The molecule has 0 aliphatic carbocycles. The highest BCUT2D eigenvalue weighted by atomic mass is 16.5. The summed E-state index contributed by atoms with van der Waals surface area (Å²) in [6, 6.07) is 7.83. The second-order valence-corrected chi connectivity index (χ2v) is 3.78. The Hall–Kier alpha value is -0.900. The van der Waals surface area contributed by atoms with E-state index in [0.29, 0.717) is 19.6 Å². The molecule has 0 aliphatic rings.